The monoisotopic (exact) mass is 306 g/mol. The SMILES string of the molecule is CC(C)CC(C)N1C(=O)C2(CCCC2)NC1c1ccsc1. The molecule has 4 heteroatoms. The number of carbonyl (C=O) groups excluding carboxylic acids is 1. The van der Waals surface area contributed by atoms with Crippen molar-refractivity contribution in [2.45, 2.75) is 70.6 Å². The molecule has 1 amide bonds. The standard InChI is InChI=1S/C17H26N2OS/c1-12(2)10-13(3)19-15(14-6-9-21-11-14)18-17(16(19)20)7-4-5-8-17/h6,9,11-13,15,18H,4-5,7-8,10H2,1-3H3. The highest BCUT2D eigenvalue weighted by molar-refractivity contribution is 7.07. The van der Waals surface area contributed by atoms with Crippen LogP contribution in [0.25, 0.3) is 0 Å². The number of amides is 1. The predicted octanol–water partition coefficient (Wildman–Crippen LogP) is 3.93. The molecule has 1 aliphatic heterocycles. The van der Waals surface area contributed by atoms with Crippen LogP contribution in [-0.4, -0.2) is 22.4 Å². The second-order valence-electron chi connectivity index (χ2n) is 7.08. The smallest absolute Gasteiger partial charge is 0.244 e. The van der Waals surface area contributed by atoms with Crippen molar-refractivity contribution in [1.29, 1.82) is 0 Å². The summed E-state index contributed by atoms with van der Waals surface area (Å²) in [5.74, 6) is 0.945. The number of nitrogens with zero attached hydrogens (tertiary/aromatic N) is 1. The minimum absolute atomic E-state index is 0.0654. The third-order valence-corrected chi connectivity index (χ3v) is 5.64. The van der Waals surface area contributed by atoms with Crippen LogP contribution in [0.15, 0.2) is 16.8 Å². The van der Waals surface area contributed by atoms with E-state index in [0.29, 0.717) is 11.8 Å². The Hall–Kier alpha value is -0.870. The first-order valence-corrected chi connectivity index (χ1v) is 9.10. The first-order chi connectivity index (χ1) is 10.0. The molecular formula is C17H26N2OS. The molecule has 2 aliphatic rings. The van der Waals surface area contributed by atoms with E-state index in [2.05, 4.69) is 47.8 Å². The number of hydrogen-bond donors (Lipinski definition) is 1. The van der Waals surface area contributed by atoms with E-state index in [1.54, 1.807) is 11.3 Å². The molecule has 1 aliphatic carbocycles. The van der Waals surface area contributed by atoms with E-state index in [1.807, 2.05) is 0 Å². The Bertz CT molecular complexity index is 491. The molecule has 1 aromatic rings. The van der Waals surface area contributed by atoms with Gasteiger partial charge in [0.25, 0.3) is 0 Å². The molecule has 0 bridgehead atoms. The summed E-state index contributed by atoms with van der Waals surface area (Å²) in [6, 6.07) is 2.44. The van der Waals surface area contributed by atoms with Crippen LogP contribution in [0, 0.1) is 5.92 Å². The third-order valence-electron chi connectivity index (χ3n) is 4.94. The minimum Gasteiger partial charge on any atom is -0.319 e. The lowest BCUT2D eigenvalue weighted by Crippen LogP contribution is -2.45. The molecule has 0 radical (unpaired) electrons. The summed E-state index contributed by atoms with van der Waals surface area (Å²) >= 11 is 1.71. The van der Waals surface area contributed by atoms with Gasteiger partial charge in [0.15, 0.2) is 0 Å². The molecule has 116 valence electrons. The normalized spacial score (nSPS) is 26.2. The van der Waals surface area contributed by atoms with Crippen molar-refractivity contribution in [2.75, 3.05) is 0 Å². The van der Waals surface area contributed by atoms with Crippen LogP contribution in [-0.2, 0) is 4.79 Å². The second-order valence-corrected chi connectivity index (χ2v) is 7.86. The molecule has 1 saturated heterocycles. The molecule has 0 aromatic carbocycles. The molecule has 1 spiro atoms. The number of thiophene rings is 1. The van der Waals surface area contributed by atoms with Crippen LogP contribution in [0.2, 0.25) is 0 Å². The van der Waals surface area contributed by atoms with Gasteiger partial charge in [-0.05, 0) is 54.5 Å². The maximum Gasteiger partial charge on any atom is 0.244 e. The lowest BCUT2D eigenvalue weighted by molar-refractivity contribution is -0.135. The third kappa shape index (κ3) is 2.64. The first-order valence-electron chi connectivity index (χ1n) is 8.16. The van der Waals surface area contributed by atoms with Gasteiger partial charge < -0.3 is 4.90 Å². The summed E-state index contributed by atoms with van der Waals surface area (Å²) in [5.41, 5.74) is 0.963. The molecule has 2 unspecified atom stereocenters. The predicted molar refractivity (Wildman–Crippen MR) is 87.2 cm³/mol. The summed E-state index contributed by atoms with van der Waals surface area (Å²) in [6.45, 7) is 6.66. The Morgan fingerprint density at radius 2 is 2.10 bits per heavy atom. The molecule has 2 heterocycles. The van der Waals surface area contributed by atoms with Gasteiger partial charge in [-0.2, -0.15) is 11.3 Å². The minimum atomic E-state index is -0.280. The summed E-state index contributed by atoms with van der Waals surface area (Å²) in [7, 11) is 0. The Kier molecular flexibility index (Phi) is 4.10. The van der Waals surface area contributed by atoms with Gasteiger partial charge in [0, 0.05) is 6.04 Å². The van der Waals surface area contributed by atoms with E-state index in [-0.39, 0.29) is 17.7 Å². The fourth-order valence-corrected chi connectivity index (χ4v) is 4.70. The van der Waals surface area contributed by atoms with Gasteiger partial charge in [0.1, 0.15) is 6.17 Å². The average Bonchev–Trinajstić information content (AvgIpc) is 3.13. The number of carbonyl (C=O) groups is 1. The van der Waals surface area contributed by atoms with Gasteiger partial charge in [-0.3, -0.25) is 10.1 Å². The lowest BCUT2D eigenvalue weighted by atomic mass is 9.96. The van der Waals surface area contributed by atoms with Crippen LogP contribution in [0.5, 0.6) is 0 Å². The van der Waals surface area contributed by atoms with Gasteiger partial charge in [-0.25, -0.2) is 0 Å². The van der Waals surface area contributed by atoms with Crippen LogP contribution >= 0.6 is 11.3 Å². The van der Waals surface area contributed by atoms with Crippen molar-refractivity contribution in [3.05, 3.63) is 22.4 Å². The molecule has 1 aromatic heterocycles. The second kappa shape index (κ2) is 5.73. The van der Waals surface area contributed by atoms with Gasteiger partial charge in [0.05, 0.1) is 5.54 Å². The highest BCUT2D eigenvalue weighted by atomic mass is 32.1. The zero-order chi connectivity index (χ0) is 15.0. The van der Waals surface area contributed by atoms with E-state index < -0.39 is 0 Å². The summed E-state index contributed by atoms with van der Waals surface area (Å²) in [4.78, 5) is 15.3. The maximum atomic E-state index is 13.1. The largest absolute Gasteiger partial charge is 0.319 e. The van der Waals surface area contributed by atoms with Crippen LogP contribution in [0.4, 0.5) is 0 Å². The van der Waals surface area contributed by atoms with Crippen LogP contribution in [0.3, 0.4) is 0 Å². The molecule has 1 N–H and O–H groups in total. The van der Waals surface area contributed by atoms with E-state index in [1.165, 1.54) is 18.4 Å². The molecule has 21 heavy (non-hydrogen) atoms. The topological polar surface area (TPSA) is 32.3 Å². The Labute approximate surface area is 131 Å². The Morgan fingerprint density at radius 1 is 1.38 bits per heavy atom. The summed E-state index contributed by atoms with van der Waals surface area (Å²) in [5, 5.41) is 7.98. The van der Waals surface area contributed by atoms with Crippen LogP contribution < -0.4 is 5.32 Å². The van der Waals surface area contributed by atoms with E-state index in [0.717, 1.165) is 19.3 Å². The van der Waals surface area contributed by atoms with Gasteiger partial charge in [0.2, 0.25) is 5.91 Å². The number of rotatable bonds is 4. The highest BCUT2D eigenvalue weighted by Crippen LogP contribution is 2.42. The molecule has 2 fully saturated rings. The van der Waals surface area contributed by atoms with Crippen LogP contribution in [0.1, 0.15) is 64.6 Å². The van der Waals surface area contributed by atoms with Gasteiger partial charge >= 0.3 is 0 Å². The molecular weight excluding hydrogens is 280 g/mol. The lowest BCUT2D eigenvalue weighted by Gasteiger charge is -2.31. The van der Waals surface area contributed by atoms with Gasteiger partial charge in [-0.1, -0.05) is 26.7 Å². The van der Waals surface area contributed by atoms with E-state index in [4.69, 9.17) is 0 Å². The average molecular weight is 306 g/mol. The zero-order valence-corrected chi connectivity index (χ0v) is 14.1. The van der Waals surface area contributed by atoms with Crippen molar-refractivity contribution >= 4 is 17.2 Å². The van der Waals surface area contributed by atoms with E-state index in [9.17, 15) is 4.79 Å². The Morgan fingerprint density at radius 3 is 2.67 bits per heavy atom. The quantitative estimate of drug-likeness (QED) is 0.914. The van der Waals surface area contributed by atoms with Crippen molar-refractivity contribution < 1.29 is 4.79 Å². The van der Waals surface area contributed by atoms with Crippen molar-refractivity contribution in [1.82, 2.24) is 10.2 Å². The van der Waals surface area contributed by atoms with Crippen molar-refractivity contribution in [2.24, 2.45) is 5.92 Å². The number of hydrogen-bond acceptors (Lipinski definition) is 3. The molecule has 2 atom stereocenters. The summed E-state index contributed by atoms with van der Waals surface area (Å²) in [6.07, 6.45) is 5.46. The molecule has 3 nitrogen and oxygen atoms in total. The summed E-state index contributed by atoms with van der Waals surface area (Å²) < 4.78 is 0. The Balaban J connectivity index is 1.90. The highest BCUT2D eigenvalue weighted by Gasteiger charge is 2.53. The molecule has 3 rings (SSSR count). The van der Waals surface area contributed by atoms with Crippen molar-refractivity contribution in [3.63, 3.8) is 0 Å². The van der Waals surface area contributed by atoms with Gasteiger partial charge in [-0.15, -0.1) is 0 Å². The first kappa shape index (κ1) is 15.0. The molecule has 1 saturated carbocycles. The fraction of sp³-hybridized carbons (Fsp3) is 0.706. The van der Waals surface area contributed by atoms with Crippen molar-refractivity contribution in [3.8, 4) is 0 Å². The zero-order valence-electron chi connectivity index (χ0n) is 13.3. The van der Waals surface area contributed by atoms with E-state index >= 15 is 0 Å². The maximum absolute atomic E-state index is 13.1. The number of nitrogens with one attached hydrogen (secondary N) is 1. The fourth-order valence-electron chi connectivity index (χ4n) is 4.02.